The number of aromatic nitrogens is 5. The largest absolute Gasteiger partial charge is 0.323 e. The first kappa shape index (κ1) is 14.5. The lowest BCUT2D eigenvalue weighted by Gasteiger charge is -2.08. The predicted molar refractivity (Wildman–Crippen MR) is 89.4 cm³/mol. The van der Waals surface area contributed by atoms with Crippen molar-refractivity contribution in [2.24, 2.45) is 0 Å². The number of nitrogens with one attached hydrogen (secondary N) is 1. The molecule has 0 amide bonds. The molecule has 0 saturated carbocycles. The van der Waals surface area contributed by atoms with Crippen LogP contribution in [-0.4, -0.2) is 24.7 Å². The maximum absolute atomic E-state index is 6.17. The second kappa shape index (κ2) is 6.12. The van der Waals surface area contributed by atoms with Crippen LogP contribution in [0, 0.1) is 3.57 Å². The van der Waals surface area contributed by atoms with Crippen LogP contribution in [0.4, 0.5) is 11.6 Å². The lowest BCUT2D eigenvalue weighted by Crippen LogP contribution is -2.07. The average molecular weight is 433 g/mol. The molecule has 2 heterocycles. The fraction of sp³-hybridized carbons (Fsp3) is 0. The van der Waals surface area contributed by atoms with Gasteiger partial charge in [0.1, 0.15) is 0 Å². The molecule has 3 aromatic rings. The first-order valence-corrected chi connectivity index (χ1v) is 7.59. The molecule has 21 heavy (non-hydrogen) atoms. The Morgan fingerprint density at radius 2 is 2.00 bits per heavy atom. The van der Waals surface area contributed by atoms with Gasteiger partial charge in [-0.2, -0.15) is 20.1 Å². The van der Waals surface area contributed by atoms with Crippen molar-refractivity contribution in [1.29, 1.82) is 0 Å². The van der Waals surface area contributed by atoms with Gasteiger partial charge in [-0.25, -0.2) is 4.68 Å². The monoisotopic (exact) mass is 432 g/mol. The fourth-order valence-corrected chi connectivity index (χ4v) is 2.66. The van der Waals surface area contributed by atoms with Gasteiger partial charge in [0.05, 0.1) is 10.7 Å². The van der Waals surface area contributed by atoms with Gasteiger partial charge in [0, 0.05) is 16.0 Å². The third-order valence-corrected chi connectivity index (χ3v) is 3.64. The van der Waals surface area contributed by atoms with E-state index in [1.807, 2.05) is 18.2 Å². The third kappa shape index (κ3) is 3.42. The zero-order valence-electron chi connectivity index (χ0n) is 10.3. The average Bonchev–Trinajstić information content (AvgIpc) is 2.95. The van der Waals surface area contributed by atoms with Crippen molar-refractivity contribution in [2.45, 2.75) is 0 Å². The maximum Gasteiger partial charge on any atom is 0.256 e. The summed E-state index contributed by atoms with van der Waals surface area (Å²) < 4.78 is 2.53. The smallest absolute Gasteiger partial charge is 0.256 e. The molecule has 0 spiro atoms. The third-order valence-electron chi connectivity index (χ3n) is 2.48. The minimum absolute atomic E-state index is 0.0691. The Labute approximate surface area is 143 Å². The second-order valence-electron chi connectivity index (χ2n) is 3.93. The lowest BCUT2D eigenvalue weighted by atomic mass is 10.3. The highest BCUT2D eigenvalue weighted by molar-refractivity contribution is 14.1. The molecular formula is C12H7Cl2IN6. The van der Waals surface area contributed by atoms with Crippen LogP contribution in [-0.2, 0) is 0 Å². The summed E-state index contributed by atoms with van der Waals surface area (Å²) in [4.78, 5) is 12.3. The zero-order valence-corrected chi connectivity index (χ0v) is 14.0. The van der Waals surface area contributed by atoms with Gasteiger partial charge in [0.25, 0.3) is 5.95 Å². The number of hydrogen-bond acceptors (Lipinski definition) is 5. The highest BCUT2D eigenvalue weighted by atomic mass is 127. The molecule has 0 radical (unpaired) electrons. The van der Waals surface area contributed by atoms with E-state index in [1.165, 1.54) is 4.68 Å². The Balaban J connectivity index is 1.95. The summed E-state index contributed by atoms with van der Waals surface area (Å²) in [5.41, 5.74) is 0.686. The van der Waals surface area contributed by atoms with E-state index in [2.05, 4.69) is 48.0 Å². The van der Waals surface area contributed by atoms with E-state index in [0.717, 1.165) is 3.57 Å². The van der Waals surface area contributed by atoms with Gasteiger partial charge in [-0.1, -0.05) is 11.6 Å². The molecular weight excluding hydrogens is 426 g/mol. The molecule has 2 aromatic heterocycles. The van der Waals surface area contributed by atoms with Gasteiger partial charge >= 0.3 is 0 Å². The Kier molecular flexibility index (Phi) is 4.22. The van der Waals surface area contributed by atoms with E-state index in [-0.39, 0.29) is 5.28 Å². The number of nitrogens with zero attached hydrogens (tertiary/aromatic N) is 5. The Morgan fingerprint density at radius 3 is 2.71 bits per heavy atom. The summed E-state index contributed by atoms with van der Waals surface area (Å²) in [5.74, 6) is 0.618. The number of anilines is 2. The summed E-state index contributed by atoms with van der Waals surface area (Å²) in [6.45, 7) is 0. The van der Waals surface area contributed by atoms with Crippen LogP contribution in [0.5, 0.6) is 0 Å². The van der Waals surface area contributed by atoms with Crippen molar-refractivity contribution in [2.75, 3.05) is 5.32 Å². The Hall–Kier alpha value is -1.45. The fourth-order valence-electron chi connectivity index (χ4n) is 1.60. The minimum atomic E-state index is 0.0691. The van der Waals surface area contributed by atoms with Crippen LogP contribution in [0.1, 0.15) is 0 Å². The molecule has 0 aliphatic carbocycles. The van der Waals surface area contributed by atoms with Crippen LogP contribution >= 0.6 is 45.8 Å². The topological polar surface area (TPSA) is 68.5 Å². The minimum Gasteiger partial charge on any atom is -0.323 e. The van der Waals surface area contributed by atoms with Gasteiger partial charge < -0.3 is 5.32 Å². The first-order valence-electron chi connectivity index (χ1n) is 5.75. The maximum atomic E-state index is 6.17. The lowest BCUT2D eigenvalue weighted by molar-refractivity contribution is 0.798. The molecule has 0 atom stereocenters. The van der Waals surface area contributed by atoms with Gasteiger partial charge in [0.15, 0.2) is 0 Å². The molecule has 0 unspecified atom stereocenters. The molecule has 0 aliphatic heterocycles. The van der Waals surface area contributed by atoms with Crippen LogP contribution in [0.15, 0.2) is 36.7 Å². The van der Waals surface area contributed by atoms with Gasteiger partial charge in [-0.15, -0.1) is 0 Å². The van der Waals surface area contributed by atoms with Crippen molar-refractivity contribution in [3.8, 4) is 5.95 Å². The molecule has 1 N–H and O–H groups in total. The summed E-state index contributed by atoms with van der Waals surface area (Å²) in [6.07, 6.45) is 3.34. The molecule has 1 aromatic carbocycles. The van der Waals surface area contributed by atoms with Crippen molar-refractivity contribution in [1.82, 2.24) is 24.7 Å². The molecule has 3 rings (SSSR count). The van der Waals surface area contributed by atoms with E-state index in [0.29, 0.717) is 22.6 Å². The normalized spacial score (nSPS) is 10.6. The quantitative estimate of drug-likeness (QED) is 0.639. The first-order chi connectivity index (χ1) is 10.1. The van der Waals surface area contributed by atoms with Gasteiger partial charge in [-0.05, 0) is 58.5 Å². The molecule has 9 heteroatoms. The van der Waals surface area contributed by atoms with E-state index in [1.54, 1.807) is 18.5 Å². The van der Waals surface area contributed by atoms with Crippen LogP contribution in [0.3, 0.4) is 0 Å². The van der Waals surface area contributed by atoms with E-state index in [4.69, 9.17) is 23.2 Å². The summed E-state index contributed by atoms with van der Waals surface area (Å²) >= 11 is 14.3. The Morgan fingerprint density at radius 1 is 1.14 bits per heavy atom. The highest BCUT2D eigenvalue weighted by Gasteiger charge is 2.09. The molecule has 0 fully saturated rings. The molecule has 0 aliphatic rings. The molecule has 0 bridgehead atoms. The number of rotatable bonds is 3. The molecule has 0 saturated heterocycles. The SMILES string of the molecule is Clc1nc(Nc2ccc(I)cc2Cl)nc(-n2cccn2)n1. The van der Waals surface area contributed by atoms with Gasteiger partial charge in [-0.3, -0.25) is 0 Å². The Bertz CT molecular complexity index is 777. The standard InChI is InChI=1S/C12H7Cl2IN6/c13-8-6-7(15)2-3-9(8)17-11-18-10(14)19-12(20-11)21-5-1-4-16-21/h1-6H,(H,17,18,19,20). The van der Waals surface area contributed by atoms with Crippen molar-refractivity contribution in [3.05, 3.63) is 50.5 Å². The number of benzene rings is 1. The number of hydrogen-bond donors (Lipinski definition) is 1. The van der Waals surface area contributed by atoms with E-state index in [9.17, 15) is 0 Å². The van der Waals surface area contributed by atoms with Crippen molar-refractivity contribution >= 4 is 57.4 Å². The van der Waals surface area contributed by atoms with Gasteiger partial charge in [0.2, 0.25) is 11.2 Å². The molecule has 106 valence electrons. The summed E-state index contributed by atoms with van der Waals surface area (Å²) in [5, 5.41) is 7.71. The number of halogens is 3. The van der Waals surface area contributed by atoms with Crippen LogP contribution in [0.2, 0.25) is 10.3 Å². The van der Waals surface area contributed by atoms with E-state index < -0.39 is 0 Å². The van der Waals surface area contributed by atoms with Crippen molar-refractivity contribution in [3.63, 3.8) is 0 Å². The van der Waals surface area contributed by atoms with Crippen LogP contribution in [0.25, 0.3) is 5.95 Å². The summed E-state index contributed by atoms with van der Waals surface area (Å²) in [6, 6.07) is 7.36. The predicted octanol–water partition coefficient (Wildman–Crippen LogP) is 3.71. The molecule has 6 nitrogen and oxygen atoms in total. The highest BCUT2D eigenvalue weighted by Crippen LogP contribution is 2.26. The van der Waals surface area contributed by atoms with Crippen LogP contribution < -0.4 is 5.32 Å². The second-order valence-corrected chi connectivity index (χ2v) is 5.92. The van der Waals surface area contributed by atoms with Crippen molar-refractivity contribution < 1.29 is 0 Å². The summed E-state index contributed by atoms with van der Waals surface area (Å²) in [7, 11) is 0. The van der Waals surface area contributed by atoms with E-state index >= 15 is 0 Å². The zero-order chi connectivity index (χ0) is 14.8.